The summed E-state index contributed by atoms with van der Waals surface area (Å²) in [4.78, 5) is 8.94. The Morgan fingerprint density at radius 3 is 3.11 bits per heavy atom. The molecule has 1 aliphatic carbocycles. The number of methoxy groups -OCH3 is 1. The molecular weight excluding hydrogens is 230 g/mol. The van der Waals surface area contributed by atoms with E-state index in [1.165, 1.54) is 0 Å². The van der Waals surface area contributed by atoms with Gasteiger partial charge in [-0.15, -0.1) is 0 Å². The Labute approximate surface area is 108 Å². The van der Waals surface area contributed by atoms with Crippen molar-refractivity contribution in [3.63, 3.8) is 0 Å². The predicted molar refractivity (Wildman–Crippen MR) is 68.3 cm³/mol. The summed E-state index contributed by atoms with van der Waals surface area (Å²) in [6, 6.07) is 0.112. The first kappa shape index (κ1) is 13.4. The van der Waals surface area contributed by atoms with E-state index >= 15 is 0 Å². The monoisotopic (exact) mass is 251 g/mol. The number of rotatable bonds is 6. The molecule has 0 radical (unpaired) electrons. The highest BCUT2D eigenvalue weighted by molar-refractivity contribution is 5.24. The van der Waals surface area contributed by atoms with Crippen LogP contribution in [0.2, 0.25) is 0 Å². The SMILES string of the molecule is COCCOCCc1ncc2c(n1)CCCC2N. The number of nitrogens with zero attached hydrogens (tertiary/aromatic N) is 2. The molecule has 0 saturated carbocycles. The van der Waals surface area contributed by atoms with E-state index in [-0.39, 0.29) is 6.04 Å². The quantitative estimate of drug-likeness (QED) is 0.764. The first-order chi connectivity index (χ1) is 8.81. The Kier molecular flexibility index (Phi) is 5.04. The number of hydrogen-bond donors (Lipinski definition) is 1. The van der Waals surface area contributed by atoms with Crippen molar-refractivity contribution in [3.05, 3.63) is 23.3 Å². The van der Waals surface area contributed by atoms with E-state index in [9.17, 15) is 0 Å². The smallest absolute Gasteiger partial charge is 0.130 e. The summed E-state index contributed by atoms with van der Waals surface area (Å²) in [5.74, 6) is 0.847. The summed E-state index contributed by atoms with van der Waals surface area (Å²) in [6.45, 7) is 1.88. The van der Waals surface area contributed by atoms with Gasteiger partial charge < -0.3 is 15.2 Å². The maximum Gasteiger partial charge on any atom is 0.130 e. The molecule has 1 aromatic heterocycles. The second-order valence-corrected chi connectivity index (χ2v) is 4.54. The Morgan fingerprint density at radius 1 is 1.39 bits per heavy atom. The second kappa shape index (κ2) is 6.78. The minimum Gasteiger partial charge on any atom is -0.382 e. The van der Waals surface area contributed by atoms with Gasteiger partial charge in [0, 0.05) is 37.0 Å². The van der Waals surface area contributed by atoms with Gasteiger partial charge in [-0.1, -0.05) is 0 Å². The Hall–Kier alpha value is -1.04. The third kappa shape index (κ3) is 3.48. The Bertz CT molecular complexity index is 384. The van der Waals surface area contributed by atoms with Crippen LogP contribution in [0.5, 0.6) is 0 Å². The van der Waals surface area contributed by atoms with Crippen molar-refractivity contribution in [1.29, 1.82) is 0 Å². The van der Waals surface area contributed by atoms with Gasteiger partial charge in [0.25, 0.3) is 0 Å². The zero-order valence-electron chi connectivity index (χ0n) is 10.9. The van der Waals surface area contributed by atoms with Crippen LogP contribution in [0.3, 0.4) is 0 Å². The number of ether oxygens (including phenoxy) is 2. The van der Waals surface area contributed by atoms with E-state index in [0.29, 0.717) is 19.8 Å². The van der Waals surface area contributed by atoms with E-state index in [2.05, 4.69) is 9.97 Å². The maximum atomic E-state index is 6.03. The fraction of sp³-hybridized carbons (Fsp3) is 0.692. The van der Waals surface area contributed by atoms with Gasteiger partial charge >= 0.3 is 0 Å². The van der Waals surface area contributed by atoms with Crippen molar-refractivity contribution in [2.24, 2.45) is 5.73 Å². The average molecular weight is 251 g/mol. The maximum absolute atomic E-state index is 6.03. The van der Waals surface area contributed by atoms with Crippen LogP contribution in [0, 0.1) is 0 Å². The normalized spacial score (nSPS) is 18.7. The molecule has 0 spiro atoms. The van der Waals surface area contributed by atoms with Crippen LogP contribution in [0.4, 0.5) is 0 Å². The van der Waals surface area contributed by atoms with Crippen LogP contribution in [-0.4, -0.2) is 36.9 Å². The van der Waals surface area contributed by atoms with Gasteiger partial charge in [0.1, 0.15) is 5.82 Å². The van der Waals surface area contributed by atoms with E-state index in [4.69, 9.17) is 15.2 Å². The fourth-order valence-corrected chi connectivity index (χ4v) is 2.15. The molecule has 0 fully saturated rings. The van der Waals surface area contributed by atoms with Gasteiger partial charge in [0.15, 0.2) is 0 Å². The molecule has 18 heavy (non-hydrogen) atoms. The Morgan fingerprint density at radius 2 is 2.28 bits per heavy atom. The van der Waals surface area contributed by atoms with E-state index < -0.39 is 0 Å². The number of nitrogens with two attached hydrogens (primary N) is 1. The van der Waals surface area contributed by atoms with Crippen LogP contribution in [-0.2, 0) is 22.3 Å². The van der Waals surface area contributed by atoms with Gasteiger partial charge in [-0.2, -0.15) is 0 Å². The summed E-state index contributed by atoms with van der Waals surface area (Å²) in [7, 11) is 1.67. The number of hydrogen-bond acceptors (Lipinski definition) is 5. The summed E-state index contributed by atoms with van der Waals surface area (Å²) >= 11 is 0. The number of fused-ring (bicyclic) bond motifs is 1. The van der Waals surface area contributed by atoms with Crippen molar-refractivity contribution < 1.29 is 9.47 Å². The van der Waals surface area contributed by atoms with Crippen molar-refractivity contribution in [3.8, 4) is 0 Å². The first-order valence-electron chi connectivity index (χ1n) is 6.48. The topological polar surface area (TPSA) is 70.3 Å². The zero-order valence-corrected chi connectivity index (χ0v) is 10.9. The van der Waals surface area contributed by atoms with E-state index in [0.717, 1.165) is 42.8 Å². The molecule has 100 valence electrons. The lowest BCUT2D eigenvalue weighted by Crippen LogP contribution is -2.20. The minimum absolute atomic E-state index is 0.112. The molecule has 1 aliphatic rings. The highest BCUT2D eigenvalue weighted by atomic mass is 16.5. The van der Waals surface area contributed by atoms with Crippen molar-refractivity contribution in [1.82, 2.24) is 9.97 Å². The molecule has 1 unspecified atom stereocenters. The zero-order chi connectivity index (χ0) is 12.8. The summed E-state index contributed by atoms with van der Waals surface area (Å²) in [5, 5.41) is 0. The molecule has 5 heteroatoms. The molecule has 0 saturated heterocycles. The van der Waals surface area contributed by atoms with Crippen LogP contribution in [0.15, 0.2) is 6.20 Å². The molecule has 0 aromatic carbocycles. The van der Waals surface area contributed by atoms with Crippen LogP contribution < -0.4 is 5.73 Å². The molecule has 2 N–H and O–H groups in total. The van der Waals surface area contributed by atoms with Gasteiger partial charge in [-0.3, -0.25) is 0 Å². The predicted octanol–water partition coefficient (Wildman–Crippen LogP) is 1.02. The largest absolute Gasteiger partial charge is 0.382 e. The summed E-state index contributed by atoms with van der Waals surface area (Å²) < 4.78 is 10.3. The molecule has 1 atom stereocenters. The van der Waals surface area contributed by atoms with Crippen LogP contribution in [0.1, 0.15) is 36.0 Å². The third-order valence-corrected chi connectivity index (χ3v) is 3.18. The van der Waals surface area contributed by atoms with Crippen molar-refractivity contribution in [2.45, 2.75) is 31.7 Å². The van der Waals surface area contributed by atoms with Crippen LogP contribution >= 0.6 is 0 Å². The summed E-state index contributed by atoms with van der Waals surface area (Å²) in [5.41, 5.74) is 8.27. The van der Waals surface area contributed by atoms with Gasteiger partial charge in [0.2, 0.25) is 0 Å². The molecule has 1 heterocycles. The van der Waals surface area contributed by atoms with Crippen LogP contribution in [0.25, 0.3) is 0 Å². The van der Waals surface area contributed by atoms with Gasteiger partial charge in [-0.25, -0.2) is 9.97 Å². The average Bonchev–Trinajstić information content (AvgIpc) is 2.39. The Balaban J connectivity index is 1.87. The fourth-order valence-electron chi connectivity index (χ4n) is 2.15. The standard InChI is InChI=1S/C13H21N3O2/c1-17-7-8-18-6-5-13-15-9-10-11(14)3-2-4-12(10)16-13/h9,11H,2-8,14H2,1H3. The molecule has 0 aliphatic heterocycles. The third-order valence-electron chi connectivity index (χ3n) is 3.18. The summed E-state index contributed by atoms with van der Waals surface area (Å²) in [6.07, 6.45) is 5.80. The molecule has 0 bridgehead atoms. The highest BCUT2D eigenvalue weighted by Gasteiger charge is 2.18. The number of aryl methyl sites for hydroxylation is 1. The molecule has 1 aromatic rings. The van der Waals surface area contributed by atoms with Crippen molar-refractivity contribution in [2.75, 3.05) is 26.9 Å². The van der Waals surface area contributed by atoms with E-state index in [1.807, 2.05) is 6.20 Å². The lowest BCUT2D eigenvalue weighted by molar-refractivity contribution is 0.0716. The molecular formula is C13H21N3O2. The first-order valence-corrected chi connectivity index (χ1v) is 6.48. The molecule has 5 nitrogen and oxygen atoms in total. The van der Waals surface area contributed by atoms with Gasteiger partial charge in [0.05, 0.1) is 19.8 Å². The van der Waals surface area contributed by atoms with E-state index in [1.54, 1.807) is 7.11 Å². The van der Waals surface area contributed by atoms with Gasteiger partial charge in [-0.05, 0) is 19.3 Å². The molecule has 0 amide bonds. The minimum atomic E-state index is 0.112. The highest BCUT2D eigenvalue weighted by Crippen LogP contribution is 2.25. The second-order valence-electron chi connectivity index (χ2n) is 4.54. The molecule has 2 rings (SSSR count). The lowest BCUT2D eigenvalue weighted by atomic mass is 9.93. The lowest BCUT2D eigenvalue weighted by Gasteiger charge is -2.20. The van der Waals surface area contributed by atoms with Crippen molar-refractivity contribution >= 4 is 0 Å². The number of aromatic nitrogens is 2.